The minimum atomic E-state index is -0.273. The summed E-state index contributed by atoms with van der Waals surface area (Å²) in [5, 5.41) is 0. The number of nitrogens with zero attached hydrogens (tertiary/aromatic N) is 1. The number of hydrogen-bond donors (Lipinski definition) is 0. The van der Waals surface area contributed by atoms with Crippen molar-refractivity contribution in [3.05, 3.63) is 0 Å². The first-order valence-electron chi connectivity index (χ1n) is 7.04. The van der Waals surface area contributed by atoms with Crippen LogP contribution in [-0.4, -0.2) is 30.3 Å². The molecule has 1 saturated carbocycles. The Balaban J connectivity index is 2.76. The Hall–Kier alpha value is -0.370. The van der Waals surface area contributed by atoms with Crippen LogP contribution in [0.2, 0.25) is 0 Å². The van der Waals surface area contributed by atoms with Gasteiger partial charge in [-0.05, 0) is 58.5 Å². The number of carbonyl (C=O) groups excluding carboxylic acids is 1. The van der Waals surface area contributed by atoms with E-state index in [2.05, 4.69) is 32.6 Å². The van der Waals surface area contributed by atoms with Gasteiger partial charge in [-0.2, -0.15) is 0 Å². The molecule has 0 saturated heterocycles. The van der Waals surface area contributed by atoms with Gasteiger partial charge in [-0.3, -0.25) is 9.69 Å². The van der Waals surface area contributed by atoms with Gasteiger partial charge in [0.15, 0.2) is 5.78 Å². The van der Waals surface area contributed by atoms with Gasteiger partial charge in [0.1, 0.15) is 0 Å². The second-order valence-corrected chi connectivity index (χ2v) is 6.35. The number of ketones is 1. The number of carbonyl (C=O) groups is 1. The van der Waals surface area contributed by atoms with E-state index in [1.807, 2.05) is 14.1 Å². The van der Waals surface area contributed by atoms with Gasteiger partial charge >= 0.3 is 0 Å². The number of hydrogen-bond acceptors (Lipinski definition) is 2. The van der Waals surface area contributed by atoms with Gasteiger partial charge in [0.05, 0.1) is 5.54 Å². The van der Waals surface area contributed by atoms with E-state index in [0.717, 1.165) is 25.2 Å². The van der Waals surface area contributed by atoms with E-state index >= 15 is 0 Å². The molecule has 1 rings (SSSR count). The maximum Gasteiger partial charge on any atom is 0.155 e. The van der Waals surface area contributed by atoms with Crippen LogP contribution in [0.25, 0.3) is 0 Å². The minimum Gasteiger partial charge on any atom is -0.297 e. The molecular weight excluding hydrogens is 210 g/mol. The average molecular weight is 239 g/mol. The predicted molar refractivity (Wildman–Crippen MR) is 73.1 cm³/mol. The maximum absolute atomic E-state index is 12.7. The fraction of sp³-hybridized carbons (Fsp3) is 0.933. The van der Waals surface area contributed by atoms with Gasteiger partial charge in [0, 0.05) is 5.92 Å². The summed E-state index contributed by atoms with van der Waals surface area (Å²) in [5.41, 5.74) is -0.273. The second kappa shape index (κ2) is 5.51. The first kappa shape index (κ1) is 14.7. The largest absolute Gasteiger partial charge is 0.297 e. The molecule has 0 spiro atoms. The molecular formula is C15H29NO. The highest BCUT2D eigenvalue weighted by Crippen LogP contribution is 2.37. The average Bonchev–Trinajstić information content (AvgIpc) is 2.30. The molecule has 100 valence electrons. The fourth-order valence-electron chi connectivity index (χ4n) is 2.94. The van der Waals surface area contributed by atoms with Gasteiger partial charge in [-0.15, -0.1) is 0 Å². The van der Waals surface area contributed by atoms with Crippen molar-refractivity contribution in [1.82, 2.24) is 4.90 Å². The Morgan fingerprint density at radius 2 is 1.82 bits per heavy atom. The van der Waals surface area contributed by atoms with Gasteiger partial charge in [0.2, 0.25) is 0 Å². The Morgan fingerprint density at radius 1 is 1.24 bits per heavy atom. The van der Waals surface area contributed by atoms with Crippen LogP contribution in [-0.2, 0) is 4.79 Å². The van der Waals surface area contributed by atoms with Crippen molar-refractivity contribution in [1.29, 1.82) is 0 Å². The van der Waals surface area contributed by atoms with Crippen molar-refractivity contribution in [2.75, 3.05) is 14.1 Å². The van der Waals surface area contributed by atoms with Gasteiger partial charge in [-0.1, -0.05) is 20.8 Å². The lowest BCUT2D eigenvalue weighted by Gasteiger charge is -2.40. The molecule has 1 aliphatic carbocycles. The Kier molecular flexibility index (Phi) is 4.77. The molecule has 0 heterocycles. The molecule has 0 N–H and O–H groups in total. The van der Waals surface area contributed by atoms with Crippen molar-refractivity contribution in [3.8, 4) is 0 Å². The van der Waals surface area contributed by atoms with E-state index in [1.54, 1.807) is 0 Å². The molecule has 0 aromatic rings. The summed E-state index contributed by atoms with van der Waals surface area (Å²) in [5.74, 6) is 2.23. The Morgan fingerprint density at radius 3 is 2.24 bits per heavy atom. The molecule has 2 heteroatoms. The van der Waals surface area contributed by atoms with Crippen LogP contribution in [0.4, 0.5) is 0 Å². The Labute approximate surface area is 107 Å². The molecule has 1 fully saturated rings. The summed E-state index contributed by atoms with van der Waals surface area (Å²) in [6, 6.07) is 0. The first-order chi connectivity index (χ1) is 7.82. The summed E-state index contributed by atoms with van der Waals surface area (Å²) in [6.07, 6.45) is 4.29. The summed E-state index contributed by atoms with van der Waals surface area (Å²) in [7, 11) is 4.05. The van der Waals surface area contributed by atoms with E-state index < -0.39 is 0 Å². The molecule has 2 nitrogen and oxygen atoms in total. The van der Waals surface area contributed by atoms with Crippen molar-refractivity contribution < 1.29 is 4.79 Å². The molecule has 0 bridgehead atoms. The summed E-state index contributed by atoms with van der Waals surface area (Å²) >= 11 is 0. The van der Waals surface area contributed by atoms with E-state index in [9.17, 15) is 4.79 Å². The quantitative estimate of drug-likeness (QED) is 0.750. The second-order valence-electron chi connectivity index (χ2n) is 6.35. The lowest BCUT2D eigenvalue weighted by Crippen LogP contribution is -2.51. The van der Waals surface area contributed by atoms with Crippen molar-refractivity contribution in [3.63, 3.8) is 0 Å². The van der Waals surface area contributed by atoms with Crippen LogP contribution in [0, 0.1) is 17.8 Å². The van der Waals surface area contributed by atoms with Crippen molar-refractivity contribution in [2.24, 2.45) is 17.8 Å². The smallest absolute Gasteiger partial charge is 0.155 e. The van der Waals surface area contributed by atoms with E-state index in [-0.39, 0.29) is 11.5 Å². The highest BCUT2D eigenvalue weighted by Gasteiger charge is 2.40. The highest BCUT2D eigenvalue weighted by molar-refractivity contribution is 5.90. The number of Topliss-reactive ketones (excluding diaryl/α,β-unsaturated/α-hetero) is 1. The lowest BCUT2D eigenvalue weighted by atomic mass is 9.70. The Bertz CT molecular complexity index is 274. The van der Waals surface area contributed by atoms with Crippen molar-refractivity contribution in [2.45, 2.75) is 58.9 Å². The minimum absolute atomic E-state index is 0.273. The maximum atomic E-state index is 12.7. The molecule has 17 heavy (non-hydrogen) atoms. The number of likely N-dealkylation sites (N-methyl/N-ethyl adjacent to an activating group) is 1. The van der Waals surface area contributed by atoms with Crippen LogP contribution >= 0.6 is 0 Å². The predicted octanol–water partition coefficient (Wildman–Crippen LogP) is 3.36. The molecule has 0 aromatic carbocycles. The topological polar surface area (TPSA) is 20.3 Å². The van der Waals surface area contributed by atoms with E-state index in [1.165, 1.54) is 6.42 Å². The molecule has 1 aliphatic rings. The van der Waals surface area contributed by atoms with Crippen LogP contribution in [0.1, 0.15) is 53.4 Å². The molecule has 4 atom stereocenters. The van der Waals surface area contributed by atoms with E-state index in [0.29, 0.717) is 11.7 Å². The SMILES string of the molecule is CCC(C)(C(=O)C1CCC(C)C(C)C1)N(C)C. The normalized spacial score (nSPS) is 33.5. The van der Waals surface area contributed by atoms with Gasteiger partial charge in [-0.25, -0.2) is 0 Å². The zero-order chi connectivity index (χ0) is 13.2. The monoisotopic (exact) mass is 239 g/mol. The van der Waals surface area contributed by atoms with Crippen LogP contribution in [0.15, 0.2) is 0 Å². The summed E-state index contributed by atoms with van der Waals surface area (Å²) < 4.78 is 0. The lowest BCUT2D eigenvalue weighted by molar-refractivity contribution is -0.135. The van der Waals surface area contributed by atoms with Crippen LogP contribution in [0.5, 0.6) is 0 Å². The van der Waals surface area contributed by atoms with Crippen molar-refractivity contribution >= 4 is 5.78 Å². The highest BCUT2D eigenvalue weighted by atomic mass is 16.1. The third-order valence-electron chi connectivity index (χ3n) is 5.18. The standard InChI is InChI=1S/C15H29NO/c1-7-15(4,16(5)6)14(17)13-9-8-11(2)12(3)10-13/h11-13H,7-10H2,1-6H3. The third-order valence-corrected chi connectivity index (χ3v) is 5.18. The molecule has 0 radical (unpaired) electrons. The third kappa shape index (κ3) is 2.90. The summed E-state index contributed by atoms with van der Waals surface area (Å²) in [4.78, 5) is 14.8. The van der Waals surface area contributed by atoms with Crippen LogP contribution < -0.4 is 0 Å². The zero-order valence-corrected chi connectivity index (χ0v) is 12.4. The first-order valence-corrected chi connectivity index (χ1v) is 7.04. The van der Waals surface area contributed by atoms with Gasteiger partial charge < -0.3 is 0 Å². The van der Waals surface area contributed by atoms with Gasteiger partial charge in [0.25, 0.3) is 0 Å². The summed E-state index contributed by atoms with van der Waals surface area (Å²) in [6.45, 7) is 8.82. The zero-order valence-electron chi connectivity index (χ0n) is 12.4. The van der Waals surface area contributed by atoms with Crippen LogP contribution in [0.3, 0.4) is 0 Å². The van der Waals surface area contributed by atoms with E-state index in [4.69, 9.17) is 0 Å². The number of rotatable bonds is 4. The molecule has 4 unspecified atom stereocenters. The molecule has 0 amide bonds. The molecule has 0 aliphatic heterocycles. The fourth-order valence-corrected chi connectivity index (χ4v) is 2.94. The molecule has 0 aromatic heterocycles.